The molecule has 0 radical (unpaired) electrons. The Labute approximate surface area is 175 Å². The lowest BCUT2D eigenvalue weighted by atomic mass is 9.97. The lowest BCUT2D eigenvalue weighted by Gasteiger charge is -2.32. The molecule has 8 heteroatoms. The number of aromatic nitrogens is 4. The number of benzene rings is 1. The minimum absolute atomic E-state index is 0.0565. The summed E-state index contributed by atoms with van der Waals surface area (Å²) >= 11 is 5.92. The number of carbonyl (C=O) groups excluding carboxylic acids is 1. The first-order valence-electron chi connectivity index (χ1n) is 10.0. The minimum Gasteiger partial charge on any atom is -0.354 e. The summed E-state index contributed by atoms with van der Waals surface area (Å²) in [5.74, 6) is 1.96. The largest absolute Gasteiger partial charge is 0.354 e. The molecule has 0 aliphatic carbocycles. The first-order valence-corrected chi connectivity index (χ1v) is 10.4. The van der Waals surface area contributed by atoms with Crippen LogP contribution in [0.4, 0.5) is 5.82 Å². The SMILES string of the molecule is CC(C)c1nnc2ccc(N3CCCC(C(=O)NCc4ccc(Cl)cc4)C3)nn12. The number of nitrogens with zero attached hydrogens (tertiary/aromatic N) is 5. The molecule has 3 heterocycles. The van der Waals surface area contributed by atoms with Gasteiger partial charge in [0.15, 0.2) is 11.5 Å². The number of hydrogen-bond acceptors (Lipinski definition) is 5. The van der Waals surface area contributed by atoms with E-state index in [1.165, 1.54) is 0 Å². The van der Waals surface area contributed by atoms with E-state index < -0.39 is 0 Å². The smallest absolute Gasteiger partial charge is 0.225 e. The Morgan fingerprint density at radius 3 is 2.76 bits per heavy atom. The molecule has 1 saturated heterocycles. The zero-order chi connectivity index (χ0) is 20.4. The Morgan fingerprint density at radius 2 is 2.00 bits per heavy atom. The van der Waals surface area contributed by atoms with Crippen LogP contribution in [0.2, 0.25) is 5.02 Å². The number of nitrogens with one attached hydrogen (secondary N) is 1. The molecule has 7 nitrogen and oxygen atoms in total. The summed E-state index contributed by atoms with van der Waals surface area (Å²) in [4.78, 5) is 14.9. The molecule has 1 N–H and O–H groups in total. The van der Waals surface area contributed by atoms with Crippen LogP contribution < -0.4 is 10.2 Å². The van der Waals surface area contributed by atoms with E-state index in [0.29, 0.717) is 18.1 Å². The lowest BCUT2D eigenvalue weighted by Crippen LogP contribution is -2.43. The lowest BCUT2D eigenvalue weighted by molar-refractivity contribution is -0.125. The van der Waals surface area contributed by atoms with Gasteiger partial charge < -0.3 is 10.2 Å². The van der Waals surface area contributed by atoms with Crippen molar-refractivity contribution in [3.8, 4) is 0 Å². The van der Waals surface area contributed by atoms with Gasteiger partial charge >= 0.3 is 0 Å². The number of fused-ring (bicyclic) bond motifs is 1. The fraction of sp³-hybridized carbons (Fsp3) is 0.429. The van der Waals surface area contributed by atoms with E-state index in [9.17, 15) is 4.79 Å². The third-order valence-corrected chi connectivity index (χ3v) is 5.54. The second kappa shape index (κ2) is 8.37. The first kappa shape index (κ1) is 19.6. The van der Waals surface area contributed by atoms with Crippen molar-refractivity contribution in [3.63, 3.8) is 0 Å². The second-order valence-corrected chi connectivity index (χ2v) is 8.24. The van der Waals surface area contributed by atoms with E-state index in [1.54, 1.807) is 0 Å². The van der Waals surface area contributed by atoms with Crippen molar-refractivity contribution in [1.82, 2.24) is 25.1 Å². The maximum atomic E-state index is 12.7. The Hall–Kier alpha value is -2.67. The highest BCUT2D eigenvalue weighted by Gasteiger charge is 2.27. The molecule has 4 rings (SSSR count). The summed E-state index contributed by atoms with van der Waals surface area (Å²) in [6.07, 6.45) is 1.84. The van der Waals surface area contributed by atoms with Crippen molar-refractivity contribution in [3.05, 3.63) is 52.8 Å². The maximum absolute atomic E-state index is 12.7. The van der Waals surface area contributed by atoms with E-state index in [4.69, 9.17) is 16.7 Å². The van der Waals surface area contributed by atoms with Gasteiger partial charge in [-0.15, -0.1) is 15.3 Å². The molecule has 1 aromatic carbocycles. The topological polar surface area (TPSA) is 75.4 Å². The molecule has 3 aromatic rings. The molecular formula is C21H25ClN6O. The molecule has 0 spiro atoms. The van der Waals surface area contributed by atoms with Crippen LogP contribution in [0.1, 0.15) is 44.0 Å². The summed E-state index contributed by atoms with van der Waals surface area (Å²) in [5.41, 5.74) is 1.78. The fourth-order valence-electron chi connectivity index (χ4n) is 3.66. The number of rotatable bonds is 5. The van der Waals surface area contributed by atoms with Crippen molar-refractivity contribution in [2.45, 2.75) is 39.2 Å². The Balaban J connectivity index is 1.43. The second-order valence-electron chi connectivity index (χ2n) is 7.80. The van der Waals surface area contributed by atoms with Crippen molar-refractivity contribution in [1.29, 1.82) is 0 Å². The highest BCUT2D eigenvalue weighted by Crippen LogP contribution is 2.23. The van der Waals surface area contributed by atoms with E-state index in [-0.39, 0.29) is 17.7 Å². The number of carbonyl (C=O) groups is 1. The Kier molecular flexibility index (Phi) is 5.67. The van der Waals surface area contributed by atoms with Gasteiger partial charge in [0.05, 0.1) is 5.92 Å². The number of hydrogen-bond donors (Lipinski definition) is 1. The molecule has 1 unspecified atom stereocenters. The predicted octanol–water partition coefficient (Wildman–Crippen LogP) is 3.43. The van der Waals surface area contributed by atoms with Gasteiger partial charge in [-0.05, 0) is 42.7 Å². The average molecular weight is 413 g/mol. The van der Waals surface area contributed by atoms with E-state index in [1.807, 2.05) is 40.9 Å². The zero-order valence-corrected chi connectivity index (χ0v) is 17.4. The fourth-order valence-corrected chi connectivity index (χ4v) is 3.79. The number of amides is 1. The highest BCUT2D eigenvalue weighted by atomic mass is 35.5. The Bertz CT molecular complexity index is 1000. The summed E-state index contributed by atoms with van der Waals surface area (Å²) in [6.45, 7) is 6.21. The molecule has 2 aromatic heterocycles. The van der Waals surface area contributed by atoms with Crippen molar-refractivity contribution >= 4 is 29.0 Å². The molecule has 152 valence electrons. The van der Waals surface area contributed by atoms with Gasteiger partial charge in [-0.25, -0.2) is 0 Å². The van der Waals surface area contributed by atoms with Gasteiger partial charge in [0, 0.05) is 30.6 Å². The summed E-state index contributed by atoms with van der Waals surface area (Å²) < 4.78 is 1.81. The van der Waals surface area contributed by atoms with Gasteiger partial charge in [0.25, 0.3) is 0 Å². The third-order valence-electron chi connectivity index (χ3n) is 5.29. The van der Waals surface area contributed by atoms with Crippen molar-refractivity contribution in [2.75, 3.05) is 18.0 Å². The third kappa shape index (κ3) is 4.34. The molecular weight excluding hydrogens is 388 g/mol. The maximum Gasteiger partial charge on any atom is 0.225 e. The molecule has 1 atom stereocenters. The molecule has 0 bridgehead atoms. The number of anilines is 1. The van der Waals surface area contributed by atoms with Crippen molar-refractivity contribution in [2.24, 2.45) is 5.92 Å². The average Bonchev–Trinajstić information content (AvgIpc) is 3.17. The van der Waals surface area contributed by atoms with Crippen LogP contribution in [-0.2, 0) is 11.3 Å². The summed E-state index contributed by atoms with van der Waals surface area (Å²) in [6, 6.07) is 11.4. The first-order chi connectivity index (χ1) is 14.0. The number of halogens is 1. The van der Waals surface area contributed by atoms with Crippen LogP contribution in [0.5, 0.6) is 0 Å². The van der Waals surface area contributed by atoms with E-state index in [2.05, 4.69) is 34.3 Å². The van der Waals surface area contributed by atoms with Crippen LogP contribution >= 0.6 is 11.6 Å². The van der Waals surface area contributed by atoms with Crippen LogP contribution in [0.15, 0.2) is 36.4 Å². The van der Waals surface area contributed by atoms with Crippen LogP contribution in [0.3, 0.4) is 0 Å². The van der Waals surface area contributed by atoms with Gasteiger partial charge in [0.2, 0.25) is 5.91 Å². The van der Waals surface area contributed by atoms with Crippen LogP contribution in [0, 0.1) is 5.92 Å². The molecule has 1 aliphatic rings. The predicted molar refractivity (Wildman–Crippen MR) is 113 cm³/mol. The van der Waals surface area contributed by atoms with E-state index in [0.717, 1.165) is 42.2 Å². The van der Waals surface area contributed by atoms with E-state index >= 15 is 0 Å². The highest BCUT2D eigenvalue weighted by molar-refractivity contribution is 6.30. The molecule has 1 aliphatic heterocycles. The van der Waals surface area contributed by atoms with Crippen LogP contribution in [-0.4, -0.2) is 38.8 Å². The molecule has 1 amide bonds. The Morgan fingerprint density at radius 1 is 1.21 bits per heavy atom. The standard InChI is InChI=1S/C21H25ClN6O/c1-14(2)20-25-24-18-9-10-19(26-28(18)20)27-11-3-4-16(13-27)21(29)23-12-15-5-7-17(22)8-6-15/h5-10,14,16H,3-4,11-13H2,1-2H3,(H,23,29). The van der Waals surface area contributed by atoms with Gasteiger partial charge in [-0.1, -0.05) is 37.6 Å². The summed E-state index contributed by atoms with van der Waals surface area (Å²) in [5, 5.41) is 16.9. The number of piperidine rings is 1. The molecule has 1 fully saturated rings. The van der Waals surface area contributed by atoms with Gasteiger partial charge in [-0.3, -0.25) is 4.79 Å². The van der Waals surface area contributed by atoms with Crippen molar-refractivity contribution < 1.29 is 4.79 Å². The minimum atomic E-state index is -0.0565. The zero-order valence-electron chi connectivity index (χ0n) is 16.7. The van der Waals surface area contributed by atoms with Gasteiger partial charge in [0.1, 0.15) is 5.82 Å². The summed E-state index contributed by atoms with van der Waals surface area (Å²) in [7, 11) is 0. The van der Waals surface area contributed by atoms with Crippen LogP contribution in [0.25, 0.3) is 5.65 Å². The quantitative estimate of drug-likeness (QED) is 0.694. The molecule has 29 heavy (non-hydrogen) atoms. The van der Waals surface area contributed by atoms with Gasteiger partial charge in [-0.2, -0.15) is 4.52 Å². The molecule has 0 saturated carbocycles. The normalized spacial score (nSPS) is 17.1. The monoisotopic (exact) mass is 412 g/mol.